The lowest BCUT2D eigenvalue weighted by Crippen LogP contribution is -2.54. The monoisotopic (exact) mass is 488 g/mol. The van der Waals surface area contributed by atoms with Crippen molar-refractivity contribution in [2.24, 2.45) is 0 Å². The van der Waals surface area contributed by atoms with Gasteiger partial charge in [-0.3, -0.25) is 0 Å². The number of methoxy groups -OCH3 is 2. The Kier molecular flexibility index (Phi) is 12.0. The summed E-state index contributed by atoms with van der Waals surface area (Å²) in [7, 11) is 7.18. The van der Waals surface area contributed by atoms with Crippen LogP contribution in [0.1, 0.15) is 54.4 Å². The van der Waals surface area contributed by atoms with Gasteiger partial charge in [0.15, 0.2) is 0 Å². The Morgan fingerprint density at radius 3 is 1.26 bits per heavy atom. The first kappa shape index (κ1) is 30.4. The van der Waals surface area contributed by atoms with E-state index in [0.717, 1.165) is 12.8 Å². The van der Waals surface area contributed by atoms with Gasteiger partial charge < -0.3 is 39.4 Å². The van der Waals surface area contributed by atoms with Gasteiger partial charge in [0.05, 0.1) is 25.3 Å². The summed E-state index contributed by atoms with van der Waals surface area (Å²) < 4.78 is 21.5. The molecule has 2 aliphatic heterocycles. The Balaban J connectivity index is 0.000000340. The highest BCUT2D eigenvalue weighted by Crippen LogP contribution is 2.18. The maximum atomic E-state index is 11.9. The number of likely N-dealkylation sites (N-methyl/N-ethyl adjacent to an activating group) is 2. The van der Waals surface area contributed by atoms with Gasteiger partial charge in [-0.25, -0.2) is 9.59 Å². The molecule has 10 nitrogen and oxygen atoms in total. The second-order valence-corrected chi connectivity index (χ2v) is 10.8. The molecule has 0 unspecified atom stereocenters. The number of amides is 2. The minimum Gasteiger partial charge on any atom is -0.444 e. The zero-order valence-corrected chi connectivity index (χ0v) is 22.9. The summed E-state index contributed by atoms with van der Waals surface area (Å²) in [6.07, 6.45) is 1.31. The van der Waals surface area contributed by atoms with Crippen LogP contribution in [0.5, 0.6) is 0 Å². The summed E-state index contributed by atoms with van der Waals surface area (Å²) >= 11 is 0. The molecule has 34 heavy (non-hydrogen) atoms. The average molecular weight is 489 g/mol. The molecule has 2 saturated heterocycles. The van der Waals surface area contributed by atoms with Crippen LogP contribution >= 0.6 is 0 Å². The van der Waals surface area contributed by atoms with Gasteiger partial charge in [0, 0.05) is 39.4 Å². The molecule has 2 rings (SSSR count). The molecule has 2 aliphatic rings. The number of likely N-dealkylation sites (tertiary alicyclic amines) is 2. The van der Waals surface area contributed by atoms with Crippen LogP contribution in [0.25, 0.3) is 0 Å². The number of rotatable bonds is 4. The van der Waals surface area contributed by atoms with Crippen LogP contribution < -0.4 is 10.6 Å². The van der Waals surface area contributed by atoms with E-state index in [1.807, 2.05) is 55.6 Å². The minimum absolute atomic E-state index is 0.0290. The molecule has 200 valence electrons. The van der Waals surface area contributed by atoms with Gasteiger partial charge in [-0.15, -0.1) is 0 Å². The van der Waals surface area contributed by atoms with Gasteiger partial charge in [0.25, 0.3) is 0 Å². The van der Waals surface area contributed by atoms with Gasteiger partial charge in [-0.1, -0.05) is 0 Å². The lowest BCUT2D eigenvalue weighted by atomic mass is 10.0. The predicted octanol–water partition coefficient (Wildman–Crippen LogP) is 2.46. The second-order valence-electron chi connectivity index (χ2n) is 10.8. The van der Waals surface area contributed by atoms with Gasteiger partial charge in [0.1, 0.15) is 11.2 Å². The summed E-state index contributed by atoms with van der Waals surface area (Å²) in [5.74, 6) is 0. The first-order valence-corrected chi connectivity index (χ1v) is 12.1. The van der Waals surface area contributed by atoms with Crippen LogP contribution in [-0.4, -0.2) is 112 Å². The Labute approximate surface area is 206 Å². The van der Waals surface area contributed by atoms with E-state index < -0.39 is 11.2 Å². The number of hydrogen-bond acceptors (Lipinski definition) is 8. The van der Waals surface area contributed by atoms with E-state index >= 15 is 0 Å². The topological polar surface area (TPSA) is 102 Å². The number of nitrogens with one attached hydrogen (secondary N) is 2. The van der Waals surface area contributed by atoms with Crippen LogP contribution in [-0.2, 0) is 18.9 Å². The fourth-order valence-corrected chi connectivity index (χ4v) is 3.96. The molecule has 2 fully saturated rings. The zero-order chi connectivity index (χ0) is 26.1. The average Bonchev–Trinajstić information content (AvgIpc) is 2.76. The van der Waals surface area contributed by atoms with E-state index in [1.165, 1.54) is 0 Å². The molecule has 0 saturated carbocycles. The Hall–Kier alpha value is -1.62. The molecule has 0 aliphatic carbocycles. The molecule has 0 spiro atoms. The highest BCUT2D eigenvalue weighted by Gasteiger charge is 2.33. The Bertz CT molecular complexity index is 580. The minimum atomic E-state index is -0.445. The van der Waals surface area contributed by atoms with Crippen molar-refractivity contribution in [1.29, 1.82) is 0 Å². The van der Waals surface area contributed by atoms with Gasteiger partial charge in [-0.05, 0) is 68.5 Å². The van der Waals surface area contributed by atoms with Crippen molar-refractivity contribution in [3.8, 4) is 0 Å². The van der Waals surface area contributed by atoms with Crippen LogP contribution in [0.3, 0.4) is 0 Å². The van der Waals surface area contributed by atoms with E-state index in [2.05, 4.69) is 10.6 Å². The SMILES string of the molecule is CN[C@@H]1CCN(C(=O)OC(C)(C)C)C[C@@H]1OC.CN[C@H]1CCN(C(=O)OC(C)(C)C)C[C@H]1OC. The molecule has 0 bridgehead atoms. The third kappa shape index (κ3) is 10.3. The van der Waals surface area contributed by atoms with Crippen LogP contribution in [0.4, 0.5) is 9.59 Å². The normalized spacial score (nSPS) is 25.8. The first-order valence-electron chi connectivity index (χ1n) is 12.1. The van der Waals surface area contributed by atoms with Crippen molar-refractivity contribution in [2.75, 3.05) is 54.5 Å². The molecule has 4 atom stereocenters. The maximum absolute atomic E-state index is 11.9. The van der Waals surface area contributed by atoms with E-state index in [-0.39, 0.29) is 24.4 Å². The predicted molar refractivity (Wildman–Crippen MR) is 132 cm³/mol. The Morgan fingerprint density at radius 2 is 1.03 bits per heavy atom. The van der Waals surface area contributed by atoms with Crippen molar-refractivity contribution in [3.05, 3.63) is 0 Å². The quantitative estimate of drug-likeness (QED) is 0.622. The standard InChI is InChI=1S/2C12H24N2O3/c2*1-12(2,3)17-11(15)14-7-6-9(13-4)10(8-14)16-5/h2*9-10,13H,6-8H2,1-5H3/t2*9-,10+/m10/s1. The summed E-state index contributed by atoms with van der Waals surface area (Å²) in [5.41, 5.74) is -0.890. The van der Waals surface area contributed by atoms with Crippen molar-refractivity contribution in [2.45, 2.75) is 89.9 Å². The number of nitrogens with zero attached hydrogens (tertiary/aromatic N) is 2. The molecule has 0 aromatic carbocycles. The van der Waals surface area contributed by atoms with Gasteiger partial charge in [0.2, 0.25) is 0 Å². The molecule has 2 N–H and O–H groups in total. The van der Waals surface area contributed by atoms with E-state index in [1.54, 1.807) is 24.0 Å². The molecule has 2 heterocycles. The third-order valence-electron chi connectivity index (χ3n) is 5.77. The van der Waals surface area contributed by atoms with Crippen LogP contribution in [0, 0.1) is 0 Å². The summed E-state index contributed by atoms with van der Waals surface area (Å²) in [4.78, 5) is 27.2. The van der Waals surface area contributed by atoms with Crippen molar-refractivity contribution < 1.29 is 28.5 Å². The molecule has 0 aromatic rings. The summed E-state index contributed by atoms with van der Waals surface area (Å²) in [6.45, 7) is 13.8. The van der Waals surface area contributed by atoms with Crippen LogP contribution in [0.15, 0.2) is 0 Å². The van der Waals surface area contributed by atoms with Gasteiger partial charge >= 0.3 is 12.2 Å². The van der Waals surface area contributed by atoms with E-state index in [4.69, 9.17) is 18.9 Å². The number of ether oxygens (including phenoxy) is 4. The summed E-state index contributed by atoms with van der Waals surface area (Å²) in [6, 6.07) is 0.609. The lowest BCUT2D eigenvalue weighted by Gasteiger charge is -2.38. The number of carbonyl (C=O) groups excluding carboxylic acids is 2. The molecule has 0 radical (unpaired) electrons. The van der Waals surface area contributed by atoms with Crippen LogP contribution in [0.2, 0.25) is 0 Å². The second kappa shape index (κ2) is 13.5. The molecule has 2 amide bonds. The fourth-order valence-electron chi connectivity index (χ4n) is 3.96. The highest BCUT2D eigenvalue weighted by atomic mass is 16.6. The Morgan fingerprint density at radius 1 is 0.706 bits per heavy atom. The largest absolute Gasteiger partial charge is 0.444 e. The van der Waals surface area contributed by atoms with E-state index in [0.29, 0.717) is 38.3 Å². The van der Waals surface area contributed by atoms with Crippen molar-refractivity contribution >= 4 is 12.2 Å². The van der Waals surface area contributed by atoms with Gasteiger partial charge in [-0.2, -0.15) is 0 Å². The van der Waals surface area contributed by atoms with E-state index in [9.17, 15) is 9.59 Å². The molecular weight excluding hydrogens is 440 g/mol. The smallest absolute Gasteiger partial charge is 0.410 e. The number of carbonyl (C=O) groups is 2. The zero-order valence-electron chi connectivity index (χ0n) is 22.9. The first-order chi connectivity index (χ1) is 15.7. The number of hydrogen-bond donors (Lipinski definition) is 2. The molecule has 0 aromatic heterocycles. The highest BCUT2D eigenvalue weighted by molar-refractivity contribution is 5.68. The lowest BCUT2D eigenvalue weighted by molar-refractivity contribution is -0.0174. The molecule has 10 heteroatoms. The fraction of sp³-hybridized carbons (Fsp3) is 0.917. The maximum Gasteiger partial charge on any atom is 0.410 e. The molecular formula is C24H48N4O6. The van der Waals surface area contributed by atoms with Crippen molar-refractivity contribution in [3.63, 3.8) is 0 Å². The van der Waals surface area contributed by atoms with Crippen molar-refractivity contribution in [1.82, 2.24) is 20.4 Å². The summed E-state index contributed by atoms with van der Waals surface area (Å²) in [5, 5.41) is 6.42. The third-order valence-corrected chi connectivity index (χ3v) is 5.77. The number of piperidine rings is 2.